The van der Waals surface area contributed by atoms with E-state index in [1.165, 1.54) is 0 Å². The highest BCUT2D eigenvalue weighted by Crippen LogP contribution is 2.71. The Balaban J connectivity index is 1.96. The van der Waals surface area contributed by atoms with E-state index in [1.54, 1.807) is 6.07 Å². The number of rotatable bonds is 2. The number of aryl methyl sites for hydroxylation is 1. The fourth-order valence-electron chi connectivity index (χ4n) is 4.54. The van der Waals surface area contributed by atoms with Crippen LogP contribution in [0.2, 0.25) is 5.02 Å². The third-order valence-corrected chi connectivity index (χ3v) is 6.96. The van der Waals surface area contributed by atoms with Gasteiger partial charge in [0.2, 0.25) is 5.91 Å². The number of anilines is 1. The minimum absolute atomic E-state index is 0.00953. The molecule has 2 fully saturated rings. The first-order valence-corrected chi connectivity index (χ1v) is 8.35. The van der Waals surface area contributed by atoms with E-state index >= 15 is 0 Å². The average molecular weight is 335 g/mol. The summed E-state index contributed by atoms with van der Waals surface area (Å²) in [6, 6.07) is 5.46. The highest BCUT2D eigenvalue weighted by atomic mass is 35.5. The van der Waals surface area contributed by atoms with Crippen LogP contribution in [0.15, 0.2) is 23.4 Å². The number of hydrogen-bond acceptors (Lipinski definition) is 3. The standard InChI is InChI=1S/C18H23ClN2O2/c1-11-9-12(19)5-6-13(11)20-15(22)18-8-7-17(4,16(18,2)3)14(10-18)21-23/h5-6,9,23H,7-8,10H2,1-4H3,(H,20,22)/b21-14+. The lowest BCUT2D eigenvalue weighted by molar-refractivity contribution is -0.130. The molecule has 4 nitrogen and oxygen atoms in total. The summed E-state index contributed by atoms with van der Waals surface area (Å²) in [6.45, 7) is 8.27. The van der Waals surface area contributed by atoms with Crippen molar-refractivity contribution in [1.29, 1.82) is 0 Å². The molecule has 2 aliphatic carbocycles. The fourth-order valence-corrected chi connectivity index (χ4v) is 4.77. The van der Waals surface area contributed by atoms with E-state index in [0.29, 0.717) is 11.4 Å². The van der Waals surface area contributed by atoms with Gasteiger partial charge in [-0.05, 0) is 48.9 Å². The first kappa shape index (κ1) is 16.3. The van der Waals surface area contributed by atoms with Crippen LogP contribution in [0, 0.1) is 23.2 Å². The van der Waals surface area contributed by atoms with Crippen LogP contribution in [0.1, 0.15) is 45.6 Å². The van der Waals surface area contributed by atoms with Crippen LogP contribution in [0.3, 0.4) is 0 Å². The average Bonchev–Trinajstić information content (AvgIpc) is 2.79. The Labute approximate surface area is 141 Å². The van der Waals surface area contributed by atoms with Gasteiger partial charge in [-0.15, -0.1) is 0 Å². The molecular weight excluding hydrogens is 312 g/mol. The maximum absolute atomic E-state index is 13.2. The molecule has 2 N–H and O–H groups in total. The molecule has 2 bridgehead atoms. The van der Waals surface area contributed by atoms with Crippen LogP contribution in [-0.2, 0) is 4.79 Å². The Morgan fingerprint density at radius 3 is 2.57 bits per heavy atom. The van der Waals surface area contributed by atoms with Crippen molar-refractivity contribution in [3.8, 4) is 0 Å². The Bertz CT molecular complexity index is 713. The van der Waals surface area contributed by atoms with Crippen molar-refractivity contribution in [3.63, 3.8) is 0 Å². The van der Waals surface area contributed by atoms with E-state index < -0.39 is 5.41 Å². The molecule has 5 heteroatoms. The molecule has 23 heavy (non-hydrogen) atoms. The summed E-state index contributed by atoms with van der Waals surface area (Å²) in [5.74, 6) is 0.00953. The fraction of sp³-hybridized carbons (Fsp3) is 0.556. The number of amides is 1. The van der Waals surface area contributed by atoms with Gasteiger partial charge in [0, 0.05) is 22.5 Å². The Morgan fingerprint density at radius 2 is 2.00 bits per heavy atom. The van der Waals surface area contributed by atoms with Gasteiger partial charge in [-0.25, -0.2) is 0 Å². The molecule has 0 spiro atoms. The van der Waals surface area contributed by atoms with Crippen LogP contribution in [0.4, 0.5) is 5.69 Å². The summed E-state index contributed by atoms with van der Waals surface area (Å²) in [5.41, 5.74) is 1.45. The molecule has 3 rings (SSSR count). The van der Waals surface area contributed by atoms with Crippen LogP contribution >= 0.6 is 11.6 Å². The summed E-state index contributed by atoms with van der Waals surface area (Å²) < 4.78 is 0. The smallest absolute Gasteiger partial charge is 0.231 e. The van der Waals surface area contributed by atoms with Gasteiger partial charge in [0.25, 0.3) is 0 Å². The molecule has 0 radical (unpaired) electrons. The van der Waals surface area contributed by atoms with Gasteiger partial charge >= 0.3 is 0 Å². The van der Waals surface area contributed by atoms with Crippen molar-refractivity contribution in [1.82, 2.24) is 0 Å². The predicted molar refractivity (Wildman–Crippen MR) is 92.2 cm³/mol. The first-order valence-electron chi connectivity index (χ1n) is 7.97. The van der Waals surface area contributed by atoms with E-state index in [4.69, 9.17) is 11.6 Å². The summed E-state index contributed by atoms with van der Waals surface area (Å²) in [5, 5.41) is 16.6. The van der Waals surface area contributed by atoms with Crippen LogP contribution in [0.5, 0.6) is 0 Å². The zero-order chi connectivity index (χ0) is 17.0. The van der Waals surface area contributed by atoms with Crippen LogP contribution < -0.4 is 5.32 Å². The molecule has 2 aliphatic rings. The number of carbonyl (C=O) groups excluding carboxylic acids is 1. The molecule has 0 saturated heterocycles. The third-order valence-electron chi connectivity index (χ3n) is 6.73. The van der Waals surface area contributed by atoms with Gasteiger partial charge in [-0.3, -0.25) is 4.79 Å². The van der Waals surface area contributed by atoms with Gasteiger partial charge < -0.3 is 10.5 Å². The second-order valence-electron chi connectivity index (χ2n) is 7.68. The molecule has 1 aromatic carbocycles. The topological polar surface area (TPSA) is 61.7 Å². The number of nitrogens with one attached hydrogen (secondary N) is 1. The molecule has 2 atom stereocenters. The lowest BCUT2D eigenvalue weighted by Crippen LogP contribution is -2.43. The van der Waals surface area contributed by atoms with E-state index in [-0.39, 0.29) is 16.7 Å². The van der Waals surface area contributed by atoms with Crippen molar-refractivity contribution in [2.45, 2.75) is 47.0 Å². The third kappa shape index (κ3) is 1.97. The minimum Gasteiger partial charge on any atom is -0.411 e. The quantitative estimate of drug-likeness (QED) is 0.611. The normalized spacial score (nSPS) is 33.2. The number of nitrogens with zero attached hydrogens (tertiary/aromatic N) is 1. The highest BCUT2D eigenvalue weighted by molar-refractivity contribution is 6.30. The summed E-state index contributed by atoms with van der Waals surface area (Å²) >= 11 is 5.99. The monoisotopic (exact) mass is 334 g/mol. The van der Waals surface area contributed by atoms with Crippen molar-refractivity contribution in [2.75, 3.05) is 5.32 Å². The maximum atomic E-state index is 13.2. The zero-order valence-corrected chi connectivity index (χ0v) is 14.8. The van der Waals surface area contributed by atoms with Crippen molar-refractivity contribution in [2.24, 2.45) is 21.4 Å². The van der Waals surface area contributed by atoms with Gasteiger partial charge in [0.15, 0.2) is 0 Å². The maximum Gasteiger partial charge on any atom is 0.231 e. The predicted octanol–water partition coefficient (Wildman–Crippen LogP) is 4.63. The Hall–Kier alpha value is -1.55. The Morgan fingerprint density at radius 1 is 1.30 bits per heavy atom. The molecule has 0 aliphatic heterocycles. The van der Waals surface area contributed by atoms with Gasteiger partial charge in [0.1, 0.15) is 0 Å². The van der Waals surface area contributed by atoms with Gasteiger partial charge in [-0.1, -0.05) is 37.5 Å². The number of benzene rings is 1. The van der Waals surface area contributed by atoms with Gasteiger partial charge in [-0.2, -0.15) is 0 Å². The van der Waals surface area contributed by atoms with Crippen molar-refractivity contribution in [3.05, 3.63) is 28.8 Å². The molecule has 2 unspecified atom stereocenters. The second kappa shape index (κ2) is 4.97. The van der Waals surface area contributed by atoms with E-state index in [1.807, 2.05) is 19.1 Å². The molecule has 0 heterocycles. The molecule has 0 aromatic heterocycles. The largest absolute Gasteiger partial charge is 0.411 e. The van der Waals surface area contributed by atoms with Crippen LogP contribution in [0.25, 0.3) is 0 Å². The molecular formula is C18H23ClN2O2. The van der Waals surface area contributed by atoms with E-state index in [0.717, 1.165) is 29.8 Å². The zero-order valence-electron chi connectivity index (χ0n) is 14.0. The number of halogens is 1. The lowest BCUT2D eigenvalue weighted by atomic mass is 9.64. The number of oxime groups is 1. The number of hydrogen-bond donors (Lipinski definition) is 2. The number of fused-ring (bicyclic) bond motifs is 2. The molecule has 124 valence electrons. The van der Waals surface area contributed by atoms with E-state index in [9.17, 15) is 10.0 Å². The first-order chi connectivity index (χ1) is 10.7. The minimum atomic E-state index is -0.532. The highest BCUT2D eigenvalue weighted by Gasteiger charge is 2.71. The van der Waals surface area contributed by atoms with Crippen molar-refractivity contribution < 1.29 is 10.0 Å². The SMILES string of the molecule is Cc1cc(Cl)ccc1NC(=O)C12CCC(C)(/C(=N/O)C1)C2(C)C. The molecule has 2 saturated carbocycles. The Kier molecular flexibility index (Phi) is 3.53. The van der Waals surface area contributed by atoms with Crippen molar-refractivity contribution >= 4 is 28.9 Å². The molecule has 1 amide bonds. The van der Waals surface area contributed by atoms with E-state index in [2.05, 4.69) is 31.2 Å². The van der Waals surface area contributed by atoms with Crippen LogP contribution in [-0.4, -0.2) is 16.8 Å². The lowest BCUT2D eigenvalue weighted by Gasteiger charge is -2.39. The molecule has 1 aromatic rings. The summed E-state index contributed by atoms with van der Waals surface area (Å²) in [4.78, 5) is 13.2. The second-order valence-corrected chi connectivity index (χ2v) is 8.11. The summed E-state index contributed by atoms with van der Waals surface area (Å²) in [6.07, 6.45) is 2.20. The summed E-state index contributed by atoms with van der Waals surface area (Å²) in [7, 11) is 0. The number of carbonyl (C=O) groups is 1. The van der Waals surface area contributed by atoms with Gasteiger partial charge in [0.05, 0.1) is 11.1 Å².